The van der Waals surface area contributed by atoms with Gasteiger partial charge in [0.05, 0.1) is 17.1 Å². The van der Waals surface area contributed by atoms with Crippen LogP contribution in [0.25, 0.3) is 11.0 Å². The third kappa shape index (κ3) is 2.33. The molecule has 0 bridgehead atoms. The molecular formula is C18H23ClN4O. The van der Waals surface area contributed by atoms with Crippen molar-refractivity contribution >= 4 is 35.3 Å². The first-order valence-electron chi connectivity index (χ1n) is 8.84. The smallest absolute Gasteiger partial charge is 0.246 e. The summed E-state index contributed by atoms with van der Waals surface area (Å²) in [4.78, 5) is 19.6. The van der Waals surface area contributed by atoms with E-state index in [4.69, 9.17) is 4.98 Å². The fourth-order valence-corrected chi connectivity index (χ4v) is 4.70. The largest absolute Gasteiger partial charge is 0.308 e. The molecule has 1 aromatic carbocycles. The molecule has 3 aliphatic rings. The molecular weight excluding hydrogens is 324 g/mol. The van der Waals surface area contributed by atoms with E-state index in [1.165, 1.54) is 25.7 Å². The lowest BCUT2D eigenvalue weighted by Crippen LogP contribution is -2.45. The van der Waals surface area contributed by atoms with Crippen LogP contribution in [0.1, 0.15) is 32.1 Å². The van der Waals surface area contributed by atoms with Gasteiger partial charge in [0.1, 0.15) is 0 Å². The molecule has 6 heteroatoms. The highest BCUT2D eigenvalue weighted by atomic mass is 35.5. The lowest BCUT2D eigenvalue weighted by molar-refractivity contribution is -0.120. The van der Waals surface area contributed by atoms with E-state index < -0.39 is 0 Å². The van der Waals surface area contributed by atoms with Gasteiger partial charge in [-0.2, -0.15) is 0 Å². The summed E-state index contributed by atoms with van der Waals surface area (Å²) >= 11 is 0. The highest BCUT2D eigenvalue weighted by molar-refractivity contribution is 5.98. The van der Waals surface area contributed by atoms with E-state index >= 15 is 0 Å². The van der Waals surface area contributed by atoms with Crippen molar-refractivity contribution < 1.29 is 4.79 Å². The molecule has 128 valence electrons. The number of benzene rings is 1. The minimum absolute atomic E-state index is 0. The zero-order valence-corrected chi connectivity index (χ0v) is 14.5. The number of carbonyl (C=O) groups excluding carboxylic acids is 1. The molecule has 2 fully saturated rings. The summed E-state index contributed by atoms with van der Waals surface area (Å²) in [5.41, 5.74) is 2.11. The maximum absolute atomic E-state index is 13.0. The van der Waals surface area contributed by atoms with Crippen LogP contribution >= 0.6 is 12.4 Å². The van der Waals surface area contributed by atoms with Crippen LogP contribution in [0.3, 0.4) is 0 Å². The summed E-state index contributed by atoms with van der Waals surface area (Å²) in [5, 5.41) is 3.61. The Hall–Kier alpha value is -1.59. The van der Waals surface area contributed by atoms with Gasteiger partial charge in [0.25, 0.3) is 0 Å². The second kappa shape index (κ2) is 6.05. The topological polar surface area (TPSA) is 50.2 Å². The number of rotatable bonds is 1. The summed E-state index contributed by atoms with van der Waals surface area (Å²) in [6.07, 6.45) is 6.13. The Bertz CT molecular complexity index is 759. The number of nitrogens with zero attached hydrogens (tertiary/aromatic N) is 3. The number of amides is 1. The van der Waals surface area contributed by atoms with Crippen LogP contribution in [-0.2, 0) is 11.3 Å². The molecule has 0 spiro atoms. The first kappa shape index (κ1) is 15.9. The molecule has 1 aliphatic carbocycles. The normalized spacial score (nSPS) is 28.5. The third-order valence-electron chi connectivity index (χ3n) is 5.85. The van der Waals surface area contributed by atoms with Gasteiger partial charge in [-0.3, -0.25) is 9.69 Å². The molecule has 3 heterocycles. The summed E-state index contributed by atoms with van der Waals surface area (Å²) in [6, 6.07) is 8.67. The standard InChI is InChI=1S/C18H22N4O.ClH/c23-17(15-11-12-5-1-2-6-13(12)19-15)22-10-9-21-16-8-4-3-7-14(16)20-18(21)22;/h3-4,7-8,12-13,15,19H,1-2,5-6,9-11H2;1H. The predicted octanol–water partition coefficient (Wildman–Crippen LogP) is 2.73. The van der Waals surface area contributed by atoms with Crippen molar-refractivity contribution in [1.82, 2.24) is 14.9 Å². The zero-order chi connectivity index (χ0) is 15.4. The molecule has 3 unspecified atom stereocenters. The SMILES string of the molecule is Cl.O=C(C1CC2CCCCC2N1)N1CCn2c1nc1ccccc12. The number of anilines is 1. The Morgan fingerprint density at radius 1 is 1.17 bits per heavy atom. The van der Waals surface area contributed by atoms with Crippen molar-refractivity contribution in [2.24, 2.45) is 5.92 Å². The van der Waals surface area contributed by atoms with Crippen molar-refractivity contribution in [1.29, 1.82) is 0 Å². The van der Waals surface area contributed by atoms with Gasteiger partial charge >= 0.3 is 0 Å². The lowest BCUT2D eigenvalue weighted by Gasteiger charge is -2.24. The fourth-order valence-electron chi connectivity index (χ4n) is 4.70. The molecule has 24 heavy (non-hydrogen) atoms. The Kier molecular flexibility index (Phi) is 4.01. The van der Waals surface area contributed by atoms with E-state index in [0.29, 0.717) is 12.0 Å². The van der Waals surface area contributed by atoms with E-state index in [1.54, 1.807) is 0 Å². The highest BCUT2D eigenvalue weighted by Gasteiger charge is 2.41. The molecule has 1 saturated carbocycles. The molecule has 1 N–H and O–H groups in total. The van der Waals surface area contributed by atoms with Gasteiger partial charge in [0, 0.05) is 19.1 Å². The molecule has 5 nitrogen and oxygen atoms in total. The highest BCUT2D eigenvalue weighted by Crippen LogP contribution is 2.35. The van der Waals surface area contributed by atoms with E-state index in [-0.39, 0.29) is 24.4 Å². The average Bonchev–Trinajstić information content (AvgIpc) is 3.26. The van der Waals surface area contributed by atoms with Gasteiger partial charge in [-0.1, -0.05) is 25.0 Å². The van der Waals surface area contributed by atoms with Crippen molar-refractivity contribution in [3.63, 3.8) is 0 Å². The minimum atomic E-state index is -0.0190. The number of para-hydroxylation sites is 2. The lowest BCUT2D eigenvalue weighted by atomic mass is 9.85. The number of imidazole rings is 1. The Morgan fingerprint density at radius 3 is 2.88 bits per heavy atom. The number of hydrogen-bond acceptors (Lipinski definition) is 3. The quantitative estimate of drug-likeness (QED) is 0.863. The number of fused-ring (bicyclic) bond motifs is 4. The Morgan fingerprint density at radius 2 is 2.00 bits per heavy atom. The van der Waals surface area contributed by atoms with E-state index in [9.17, 15) is 4.79 Å². The number of carbonyl (C=O) groups is 1. The summed E-state index contributed by atoms with van der Waals surface area (Å²) in [5.74, 6) is 1.74. The number of nitrogens with one attached hydrogen (secondary N) is 1. The van der Waals surface area contributed by atoms with E-state index in [2.05, 4.69) is 16.0 Å². The number of hydrogen-bond donors (Lipinski definition) is 1. The molecule has 3 atom stereocenters. The van der Waals surface area contributed by atoms with Crippen LogP contribution < -0.4 is 10.2 Å². The van der Waals surface area contributed by atoms with Crippen LogP contribution in [-0.4, -0.2) is 34.1 Å². The number of aromatic nitrogens is 2. The van der Waals surface area contributed by atoms with Crippen LogP contribution in [0.15, 0.2) is 24.3 Å². The summed E-state index contributed by atoms with van der Waals surface area (Å²) < 4.78 is 2.18. The third-order valence-corrected chi connectivity index (χ3v) is 5.85. The van der Waals surface area contributed by atoms with Gasteiger partial charge < -0.3 is 9.88 Å². The van der Waals surface area contributed by atoms with Crippen molar-refractivity contribution in [3.05, 3.63) is 24.3 Å². The van der Waals surface area contributed by atoms with Crippen molar-refractivity contribution in [2.45, 2.75) is 50.7 Å². The first-order chi connectivity index (χ1) is 11.3. The molecule has 2 aromatic rings. The molecule has 1 aromatic heterocycles. The summed E-state index contributed by atoms with van der Waals surface area (Å²) in [7, 11) is 0. The predicted molar refractivity (Wildman–Crippen MR) is 96.6 cm³/mol. The minimum Gasteiger partial charge on any atom is -0.308 e. The van der Waals surface area contributed by atoms with E-state index in [0.717, 1.165) is 36.5 Å². The van der Waals surface area contributed by atoms with Crippen LogP contribution in [0, 0.1) is 5.92 Å². The molecule has 1 amide bonds. The molecule has 2 aliphatic heterocycles. The van der Waals surface area contributed by atoms with Crippen LogP contribution in [0.4, 0.5) is 5.95 Å². The van der Waals surface area contributed by atoms with Crippen molar-refractivity contribution in [3.8, 4) is 0 Å². The molecule has 0 radical (unpaired) electrons. The second-order valence-electron chi connectivity index (χ2n) is 7.15. The van der Waals surface area contributed by atoms with Crippen molar-refractivity contribution in [2.75, 3.05) is 11.4 Å². The van der Waals surface area contributed by atoms with Gasteiger partial charge in [0.15, 0.2) is 0 Å². The number of halogens is 1. The van der Waals surface area contributed by atoms with Gasteiger partial charge in [-0.25, -0.2) is 4.98 Å². The van der Waals surface area contributed by atoms with Gasteiger partial charge in [0.2, 0.25) is 11.9 Å². The van der Waals surface area contributed by atoms with Gasteiger partial charge in [-0.05, 0) is 37.3 Å². The van der Waals surface area contributed by atoms with Gasteiger partial charge in [-0.15, -0.1) is 12.4 Å². The monoisotopic (exact) mass is 346 g/mol. The van der Waals surface area contributed by atoms with E-state index in [1.807, 2.05) is 23.1 Å². The van der Waals surface area contributed by atoms with Crippen LogP contribution in [0.5, 0.6) is 0 Å². The summed E-state index contributed by atoms with van der Waals surface area (Å²) in [6.45, 7) is 1.60. The molecule has 5 rings (SSSR count). The molecule has 1 saturated heterocycles. The van der Waals surface area contributed by atoms with Crippen LogP contribution in [0.2, 0.25) is 0 Å². The fraction of sp³-hybridized carbons (Fsp3) is 0.556. The first-order valence-corrected chi connectivity index (χ1v) is 8.84. The maximum Gasteiger partial charge on any atom is 0.246 e. The zero-order valence-electron chi connectivity index (χ0n) is 13.6. The Labute approximate surface area is 147 Å². The maximum atomic E-state index is 13.0. The Balaban J connectivity index is 0.00000146. The average molecular weight is 347 g/mol. The second-order valence-corrected chi connectivity index (χ2v) is 7.15.